The molecule has 5 N–H and O–H groups in total. The number of fused-ring (bicyclic) bond motifs is 3. The third kappa shape index (κ3) is 4.80. The van der Waals surface area contributed by atoms with Crippen molar-refractivity contribution in [2.75, 3.05) is 31.3 Å². The molecule has 1 atom stereocenters. The zero-order valence-electron chi connectivity index (χ0n) is 18.7. The van der Waals surface area contributed by atoms with Gasteiger partial charge in [0.05, 0.1) is 30.2 Å². The number of alkyl halides is 3. The van der Waals surface area contributed by atoms with Crippen molar-refractivity contribution in [3.63, 3.8) is 0 Å². The number of piperidine rings is 1. The van der Waals surface area contributed by atoms with E-state index in [2.05, 4.69) is 5.32 Å². The number of nitrogens with one attached hydrogen (secondary N) is 1. The normalized spacial score (nSPS) is 17.7. The first-order chi connectivity index (χ1) is 15.8. The molecular weight excluding hydrogens is 431 g/mol. The average Bonchev–Trinajstić information content (AvgIpc) is 3.14. The van der Waals surface area contributed by atoms with Gasteiger partial charge in [0.15, 0.2) is 0 Å². The highest BCUT2D eigenvalue weighted by Crippen LogP contribution is 2.37. The number of anilines is 1. The number of halogens is 3. The second-order valence-electron chi connectivity index (χ2n) is 8.43. The lowest BCUT2D eigenvalue weighted by Gasteiger charge is -2.25. The highest BCUT2D eigenvalue weighted by Gasteiger charge is 2.31. The van der Waals surface area contributed by atoms with Crippen LogP contribution in [0, 0.1) is 5.92 Å². The minimum atomic E-state index is -4.41. The Morgan fingerprint density at radius 3 is 2.58 bits per heavy atom. The second-order valence-corrected chi connectivity index (χ2v) is 8.43. The number of nitrogens with two attached hydrogens (primary N) is 2. The van der Waals surface area contributed by atoms with Gasteiger partial charge >= 0.3 is 6.18 Å². The van der Waals surface area contributed by atoms with Crippen molar-refractivity contribution >= 4 is 27.5 Å². The van der Waals surface area contributed by atoms with Crippen LogP contribution in [0.15, 0.2) is 48.3 Å². The van der Waals surface area contributed by atoms with E-state index in [1.807, 2.05) is 23.6 Å². The maximum atomic E-state index is 13.3. The first kappa shape index (κ1) is 23.4. The summed E-state index contributed by atoms with van der Waals surface area (Å²) in [5.41, 5.74) is 7.95. The fourth-order valence-electron chi connectivity index (χ4n) is 4.52. The number of hydrogen-bond acceptors (Lipinski definition) is 5. The van der Waals surface area contributed by atoms with Gasteiger partial charge in [-0.3, -0.25) is 5.01 Å². The largest absolute Gasteiger partial charge is 0.416 e. The molecule has 1 saturated heterocycles. The van der Waals surface area contributed by atoms with Crippen molar-refractivity contribution in [3.05, 3.63) is 53.9 Å². The van der Waals surface area contributed by atoms with Crippen LogP contribution in [0.1, 0.15) is 25.3 Å². The molecule has 2 aromatic carbocycles. The van der Waals surface area contributed by atoms with Crippen LogP contribution in [0.2, 0.25) is 0 Å². The van der Waals surface area contributed by atoms with E-state index in [0.29, 0.717) is 41.2 Å². The minimum Gasteiger partial charge on any atom is -0.403 e. The molecule has 0 radical (unpaired) electrons. The Balaban J connectivity index is 1.62. The average molecular weight is 462 g/mol. The van der Waals surface area contributed by atoms with Crippen LogP contribution >= 0.6 is 0 Å². The van der Waals surface area contributed by atoms with Gasteiger partial charge in [-0.1, -0.05) is 0 Å². The Hall–Kier alpha value is -2.75. The van der Waals surface area contributed by atoms with E-state index in [9.17, 15) is 13.2 Å². The van der Waals surface area contributed by atoms with Crippen molar-refractivity contribution in [1.82, 2.24) is 9.88 Å². The molecule has 3 aromatic rings. The van der Waals surface area contributed by atoms with Gasteiger partial charge in [-0.25, -0.2) is 5.84 Å². The van der Waals surface area contributed by atoms with Crippen LogP contribution in [-0.2, 0) is 17.5 Å². The molecule has 0 aliphatic carbocycles. The number of hydrogen-bond donors (Lipinski definition) is 3. The third-order valence-electron chi connectivity index (χ3n) is 6.27. The first-order valence-corrected chi connectivity index (χ1v) is 11.2. The fourth-order valence-corrected chi connectivity index (χ4v) is 4.52. The fraction of sp³-hybridized carbons (Fsp3) is 0.417. The number of aromatic nitrogens is 1. The van der Waals surface area contributed by atoms with Crippen molar-refractivity contribution in [3.8, 4) is 0 Å². The van der Waals surface area contributed by atoms with Crippen LogP contribution in [0.5, 0.6) is 0 Å². The van der Waals surface area contributed by atoms with Gasteiger partial charge < -0.3 is 20.4 Å². The minimum absolute atomic E-state index is 0.247. The summed E-state index contributed by atoms with van der Waals surface area (Å²) in [4.78, 5) is 0. The lowest BCUT2D eigenvalue weighted by atomic mass is 10.0. The van der Waals surface area contributed by atoms with Crippen LogP contribution in [0.4, 0.5) is 18.9 Å². The molecule has 1 fully saturated rings. The van der Waals surface area contributed by atoms with E-state index in [4.69, 9.17) is 16.3 Å². The zero-order valence-corrected chi connectivity index (χ0v) is 18.7. The number of benzene rings is 2. The van der Waals surface area contributed by atoms with Crippen molar-refractivity contribution in [2.24, 2.45) is 17.5 Å². The monoisotopic (exact) mass is 461 g/mol. The van der Waals surface area contributed by atoms with E-state index in [1.54, 1.807) is 6.07 Å². The molecule has 0 saturated carbocycles. The van der Waals surface area contributed by atoms with E-state index in [0.717, 1.165) is 43.0 Å². The molecule has 1 aliphatic heterocycles. The van der Waals surface area contributed by atoms with Gasteiger partial charge in [-0.15, -0.1) is 0 Å². The van der Waals surface area contributed by atoms with Crippen LogP contribution in [-0.4, -0.2) is 30.9 Å². The van der Waals surface area contributed by atoms with E-state index >= 15 is 0 Å². The number of nitrogens with zero attached hydrogens (tertiary/aromatic N) is 2. The van der Waals surface area contributed by atoms with Gasteiger partial charge in [-0.05, 0) is 68.6 Å². The predicted octanol–water partition coefficient (Wildman–Crippen LogP) is 4.33. The molecule has 1 unspecified atom stereocenters. The molecule has 0 amide bonds. The highest BCUT2D eigenvalue weighted by molar-refractivity contribution is 6.09. The topological polar surface area (TPSA) is 81.5 Å². The molecule has 0 spiro atoms. The molecule has 1 aliphatic rings. The van der Waals surface area contributed by atoms with Gasteiger partial charge in [0.1, 0.15) is 0 Å². The number of aryl methyl sites for hydroxylation is 1. The van der Waals surface area contributed by atoms with Crippen LogP contribution in [0.3, 0.4) is 0 Å². The second kappa shape index (κ2) is 9.62. The Kier molecular flexibility index (Phi) is 6.83. The summed E-state index contributed by atoms with van der Waals surface area (Å²) in [6.07, 6.45) is -0.746. The summed E-state index contributed by atoms with van der Waals surface area (Å²) in [6.45, 7) is 5.44. The quantitative estimate of drug-likeness (QED) is 0.361. The number of hydrazine groups is 1. The molecule has 0 bridgehead atoms. The van der Waals surface area contributed by atoms with E-state index < -0.39 is 11.7 Å². The van der Waals surface area contributed by atoms with Gasteiger partial charge in [-0.2, -0.15) is 13.2 Å². The number of rotatable bonds is 7. The molecule has 33 heavy (non-hydrogen) atoms. The smallest absolute Gasteiger partial charge is 0.403 e. The van der Waals surface area contributed by atoms with Crippen molar-refractivity contribution in [1.29, 1.82) is 0 Å². The zero-order chi connectivity index (χ0) is 23.6. The SMILES string of the molecule is CCn1c2ccc(N(N)/C(=C\N)COCC3CCCNC3)cc2c2cc(C(F)(F)F)ccc21. The Bertz CT molecular complexity index is 1150. The van der Waals surface area contributed by atoms with Crippen molar-refractivity contribution in [2.45, 2.75) is 32.5 Å². The summed E-state index contributed by atoms with van der Waals surface area (Å²) in [5.74, 6) is 6.81. The van der Waals surface area contributed by atoms with Gasteiger partial charge in [0.2, 0.25) is 0 Å². The van der Waals surface area contributed by atoms with Crippen LogP contribution in [0.25, 0.3) is 21.8 Å². The summed E-state index contributed by atoms with van der Waals surface area (Å²) in [7, 11) is 0. The molecule has 178 valence electrons. The molecule has 9 heteroatoms. The van der Waals surface area contributed by atoms with Gasteiger partial charge in [0, 0.05) is 41.1 Å². The lowest BCUT2D eigenvalue weighted by molar-refractivity contribution is -0.137. The standard InChI is InChI=1S/C24H30F3N5O/c1-2-31-22-7-5-17(24(25,26)27)10-20(22)21-11-18(6-8-23(21)31)32(29)19(12-28)15-33-14-16-4-3-9-30-13-16/h5-8,10-12,16,30H,2-4,9,13-15,28-29H2,1H3/b19-12-. The molecule has 6 nitrogen and oxygen atoms in total. The molecule has 4 rings (SSSR count). The van der Waals surface area contributed by atoms with Gasteiger partial charge in [0.25, 0.3) is 0 Å². The maximum Gasteiger partial charge on any atom is 0.416 e. The lowest BCUT2D eigenvalue weighted by Crippen LogP contribution is -2.35. The summed E-state index contributed by atoms with van der Waals surface area (Å²) in [6, 6.07) is 9.38. The molecule has 2 heterocycles. The molecular formula is C24H30F3N5O. The highest BCUT2D eigenvalue weighted by atomic mass is 19.4. The maximum absolute atomic E-state index is 13.3. The molecule has 1 aromatic heterocycles. The van der Waals surface area contributed by atoms with E-state index in [-0.39, 0.29) is 6.61 Å². The predicted molar refractivity (Wildman–Crippen MR) is 125 cm³/mol. The summed E-state index contributed by atoms with van der Waals surface area (Å²) in [5, 5.41) is 6.04. The third-order valence-corrected chi connectivity index (χ3v) is 6.27. The van der Waals surface area contributed by atoms with Crippen molar-refractivity contribution < 1.29 is 17.9 Å². The number of ether oxygens (including phenoxy) is 1. The summed E-state index contributed by atoms with van der Waals surface area (Å²) >= 11 is 0. The Morgan fingerprint density at radius 1 is 1.21 bits per heavy atom. The Labute approximate surface area is 190 Å². The van der Waals surface area contributed by atoms with E-state index in [1.165, 1.54) is 23.3 Å². The Morgan fingerprint density at radius 2 is 1.94 bits per heavy atom. The van der Waals surface area contributed by atoms with Crippen LogP contribution < -0.4 is 21.9 Å². The summed E-state index contributed by atoms with van der Waals surface area (Å²) < 4.78 is 47.9. The first-order valence-electron chi connectivity index (χ1n) is 11.2.